The molecule has 0 aromatic heterocycles. The Morgan fingerprint density at radius 2 is 2.36 bits per heavy atom. The van der Waals surface area contributed by atoms with Gasteiger partial charge in [0.05, 0.1) is 6.42 Å². The normalized spacial score (nSPS) is 13.6. The van der Waals surface area contributed by atoms with Crippen molar-refractivity contribution in [1.82, 2.24) is 0 Å². The first-order chi connectivity index (χ1) is 6.72. The quantitative estimate of drug-likeness (QED) is 0.404. The van der Waals surface area contributed by atoms with Crippen molar-refractivity contribution in [2.24, 2.45) is 0 Å². The fraction of sp³-hybridized carbons (Fsp3) is 0.250. The highest BCUT2D eigenvalue weighted by Gasteiger charge is 2.22. The summed E-state index contributed by atoms with van der Waals surface area (Å²) in [6, 6.07) is 3.86. The topological polar surface area (TPSA) is 26.3 Å². The number of carbonyl (C=O) groups is 1. The van der Waals surface area contributed by atoms with Crippen molar-refractivity contribution >= 4 is 5.97 Å². The summed E-state index contributed by atoms with van der Waals surface area (Å²) in [7, 11) is 0. The summed E-state index contributed by atoms with van der Waals surface area (Å²) in [4.78, 5) is 11.1. The van der Waals surface area contributed by atoms with E-state index in [0.29, 0.717) is 6.42 Å². The molecule has 1 heterocycles. The molecule has 0 unspecified atom stereocenters. The van der Waals surface area contributed by atoms with Gasteiger partial charge in [0.15, 0.2) is 0 Å². The van der Waals surface area contributed by atoms with Gasteiger partial charge in [-0.25, -0.2) is 0 Å². The van der Waals surface area contributed by atoms with Gasteiger partial charge in [0.25, 0.3) is 0 Å². The first kappa shape index (κ1) is 9.00. The molecule has 2 heteroatoms. The minimum absolute atomic E-state index is 0.154. The van der Waals surface area contributed by atoms with Gasteiger partial charge in [0.2, 0.25) is 0 Å². The summed E-state index contributed by atoms with van der Waals surface area (Å²) in [5.74, 6) is 0.569. The van der Waals surface area contributed by atoms with E-state index in [0.717, 1.165) is 23.3 Å². The van der Waals surface area contributed by atoms with Crippen molar-refractivity contribution in [3.63, 3.8) is 0 Å². The lowest BCUT2D eigenvalue weighted by Gasteiger charge is -2.06. The smallest absolute Gasteiger partial charge is 0.315 e. The highest BCUT2D eigenvalue weighted by atomic mass is 16.5. The SMILES string of the molecule is C=CCc1ccc2c(c1C)CC(=O)O2. The number of benzene rings is 1. The Hall–Kier alpha value is -1.57. The number of hydrogen-bond donors (Lipinski definition) is 0. The van der Waals surface area contributed by atoms with Crippen LogP contribution in [0.3, 0.4) is 0 Å². The lowest BCUT2D eigenvalue weighted by molar-refractivity contribution is -0.131. The van der Waals surface area contributed by atoms with Crippen molar-refractivity contribution in [3.8, 4) is 5.75 Å². The van der Waals surface area contributed by atoms with Crippen LogP contribution < -0.4 is 4.74 Å². The molecule has 0 amide bonds. The predicted molar refractivity (Wildman–Crippen MR) is 54.4 cm³/mol. The molecule has 1 aromatic carbocycles. The van der Waals surface area contributed by atoms with Crippen LogP contribution in [0.4, 0.5) is 0 Å². The van der Waals surface area contributed by atoms with Crippen molar-refractivity contribution in [2.75, 3.05) is 0 Å². The maximum atomic E-state index is 11.1. The summed E-state index contributed by atoms with van der Waals surface area (Å²) in [6.07, 6.45) is 3.12. The number of ether oxygens (including phenoxy) is 1. The van der Waals surface area contributed by atoms with E-state index in [1.165, 1.54) is 5.56 Å². The summed E-state index contributed by atoms with van der Waals surface area (Å²) in [6.45, 7) is 5.73. The lowest BCUT2D eigenvalue weighted by atomic mass is 9.98. The first-order valence-corrected chi connectivity index (χ1v) is 4.65. The van der Waals surface area contributed by atoms with Crippen LogP contribution in [0.5, 0.6) is 5.75 Å². The summed E-state index contributed by atoms with van der Waals surface area (Å²) in [5, 5.41) is 0. The third-order valence-corrected chi connectivity index (χ3v) is 2.58. The van der Waals surface area contributed by atoms with Crippen molar-refractivity contribution in [1.29, 1.82) is 0 Å². The summed E-state index contributed by atoms with van der Waals surface area (Å²) < 4.78 is 5.06. The van der Waals surface area contributed by atoms with E-state index < -0.39 is 0 Å². The molecule has 0 fully saturated rings. The Morgan fingerprint density at radius 1 is 1.57 bits per heavy atom. The molecule has 0 atom stereocenters. The van der Waals surface area contributed by atoms with Gasteiger partial charge >= 0.3 is 5.97 Å². The highest BCUT2D eigenvalue weighted by Crippen LogP contribution is 2.30. The summed E-state index contributed by atoms with van der Waals surface area (Å²) >= 11 is 0. The van der Waals surface area contributed by atoms with Gasteiger partial charge in [-0.1, -0.05) is 12.1 Å². The Labute approximate surface area is 83.2 Å². The molecule has 2 nitrogen and oxygen atoms in total. The molecular weight excluding hydrogens is 176 g/mol. The molecule has 0 radical (unpaired) electrons. The molecule has 1 aliphatic rings. The Morgan fingerprint density at radius 3 is 3.07 bits per heavy atom. The molecule has 1 aliphatic heterocycles. The molecule has 1 aromatic rings. The van der Waals surface area contributed by atoms with Crippen molar-refractivity contribution in [3.05, 3.63) is 41.5 Å². The maximum absolute atomic E-state index is 11.1. The Bertz CT molecular complexity index is 405. The van der Waals surface area contributed by atoms with Gasteiger partial charge in [0, 0.05) is 5.56 Å². The zero-order valence-electron chi connectivity index (χ0n) is 8.17. The molecule has 2 rings (SSSR count). The fourth-order valence-electron chi connectivity index (χ4n) is 1.78. The minimum atomic E-state index is -0.154. The van der Waals surface area contributed by atoms with E-state index in [4.69, 9.17) is 4.74 Å². The number of carbonyl (C=O) groups excluding carboxylic acids is 1. The van der Waals surface area contributed by atoms with E-state index in [-0.39, 0.29) is 5.97 Å². The number of fused-ring (bicyclic) bond motifs is 1. The van der Waals surface area contributed by atoms with Gasteiger partial charge in [-0.05, 0) is 30.5 Å². The van der Waals surface area contributed by atoms with Crippen LogP contribution in [0.1, 0.15) is 16.7 Å². The molecule has 0 aliphatic carbocycles. The number of hydrogen-bond acceptors (Lipinski definition) is 2. The highest BCUT2D eigenvalue weighted by molar-refractivity contribution is 5.82. The van der Waals surface area contributed by atoms with Crippen LogP contribution in [-0.4, -0.2) is 5.97 Å². The predicted octanol–water partition coefficient (Wildman–Crippen LogP) is 2.19. The molecule has 0 N–H and O–H groups in total. The van der Waals surface area contributed by atoms with Crippen LogP contribution in [0.2, 0.25) is 0 Å². The van der Waals surface area contributed by atoms with E-state index in [2.05, 4.69) is 6.58 Å². The monoisotopic (exact) mass is 188 g/mol. The van der Waals surface area contributed by atoms with E-state index in [9.17, 15) is 4.79 Å². The lowest BCUT2D eigenvalue weighted by Crippen LogP contribution is -2.00. The maximum Gasteiger partial charge on any atom is 0.315 e. The third-order valence-electron chi connectivity index (χ3n) is 2.58. The van der Waals surface area contributed by atoms with Gasteiger partial charge in [-0.15, -0.1) is 6.58 Å². The van der Waals surface area contributed by atoms with Gasteiger partial charge in [0.1, 0.15) is 5.75 Å². The number of esters is 1. The standard InChI is InChI=1S/C12H12O2/c1-3-4-9-5-6-11-10(8(9)2)7-12(13)14-11/h3,5-6H,1,4,7H2,2H3. The van der Waals surface area contributed by atoms with E-state index >= 15 is 0 Å². The van der Waals surface area contributed by atoms with Crippen molar-refractivity contribution in [2.45, 2.75) is 19.8 Å². The Kier molecular flexibility index (Phi) is 2.12. The molecule has 0 saturated carbocycles. The third kappa shape index (κ3) is 1.33. The van der Waals surface area contributed by atoms with Crippen LogP contribution in [-0.2, 0) is 17.6 Å². The molecule has 0 bridgehead atoms. The van der Waals surface area contributed by atoms with Gasteiger partial charge < -0.3 is 4.74 Å². The van der Waals surface area contributed by atoms with E-state index in [1.807, 2.05) is 25.1 Å². The zero-order valence-corrected chi connectivity index (χ0v) is 8.17. The molecular formula is C12H12O2. The molecule has 14 heavy (non-hydrogen) atoms. The average Bonchev–Trinajstić information content (AvgIpc) is 2.52. The average molecular weight is 188 g/mol. The first-order valence-electron chi connectivity index (χ1n) is 4.65. The molecule has 72 valence electrons. The fourth-order valence-corrected chi connectivity index (χ4v) is 1.78. The van der Waals surface area contributed by atoms with E-state index in [1.54, 1.807) is 0 Å². The van der Waals surface area contributed by atoms with Crippen molar-refractivity contribution < 1.29 is 9.53 Å². The second kappa shape index (κ2) is 3.29. The minimum Gasteiger partial charge on any atom is -0.426 e. The number of allylic oxidation sites excluding steroid dienone is 1. The largest absolute Gasteiger partial charge is 0.426 e. The summed E-state index contributed by atoms with van der Waals surface area (Å²) in [5.41, 5.74) is 3.42. The van der Waals surface area contributed by atoms with Gasteiger partial charge in [-0.3, -0.25) is 4.79 Å². The number of rotatable bonds is 2. The Balaban J connectivity index is 2.47. The van der Waals surface area contributed by atoms with Crippen LogP contribution in [0, 0.1) is 6.92 Å². The second-order valence-corrected chi connectivity index (χ2v) is 3.47. The van der Waals surface area contributed by atoms with Crippen LogP contribution in [0.15, 0.2) is 24.8 Å². The van der Waals surface area contributed by atoms with Crippen LogP contribution >= 0.6 is 0 Å². The molecule has 0 saturated heterocycles. The van der Waals surface area contributed by atoms with Gasteiger partial charge in [-0.2, -0.15) is 0 Å². The van der Waals surface area contributed by atoms with Crippen LogP contribution in [0.25, 0.3) is 0 Å². The zero-order chi connectivity index (χ0) is 10.1. The second-order valence-electron chi connectivity index (χ2n) is 3.47. The molecule has 0 spiro atoms.